The number of carbonyl (C=O) groups is 1. The first-order valence-electron chi connectivity index (χ1n) is 9.71. The van der Waals surface area contributed by atoms with Crippen molar-refractivity contribution in [2.45, 2.75) is 19.0 Å². The highest BCUT2D eigenvalue weighted by atomic mass is 35.5. The van der Waals surface area contributed by atoms with E-state index in [1.807, 2.05) is 6.07 Å². The second kappa shape index (κ2) is 10.3. The Morgan fingerprint density at radius 3 is 2.64 bits per heavy atom. The topological polar surface area (TPSA) is 110 Å². The number of aryl methyl sites for hydroxylation is 1. The number of halogens is 4. The third-order valence-electron chi connectivity index (χ3n) is 4.54. The minimum atomic E-state index is -4.69. The van der Waals surface area contributed by atoms with E-state index >= 15 is 0 Å². The van der Waals surface area contributed by atoms with Crippen molar-refractivity contribution in [2.75, 3.05) is 18.4 Å². The SMILES string of the molecule is O=C(CCc1ncc(-c2ccccc2Cl)o1)NCCNc1ccc(C(F)(F)F)cc1[N+](=O)[O-]. The number of hydrogen-bond acceptors (Lipinski definition) is 6. The smallest absolute Gasteiger partial charge is 0.416 e. The van der Waals surface area contributed by atoms with Crippen molar-refractivity contribution in [2.24, 2.45) is 0 Å². The van der Waals surface area contributed by atoms with Gasteiger partial charge in [0.2, 0.25) is 5.91 Å². The fourth-order valence-corrected chi connectivity index (χ4v) is 3.16. The van der Waals surface area contributed by atoms with E-state index in [0.717, 1.165) is 12.1 Å². The molecular formula is C21H18ClF3N4O4. The summed E-state index contributed by atoms with van der Waals surface area (Å²) >= 11 is 6.12. The molecule has 2 N–H and O–H groups in total. The molecule has 2 aromatic carbocycles. The monoisotopic (exact) mass is 482 g/mol. The van der Waals surface area contributed by atoms with Crippen LogP contribution in [0, 0.1) is 10.1 Å². The van der Waals surface area contributed by atoms with Crippen LogP contribution in [0.1, 0.15) is 17.9 Å². The lowest BCUT2D eigenvalue weighted by Crippen LogP contribution is -2.29. The van der Waals surface area contributed by atoms with E-state index in [-0.39, 0.29) is 37.5 Å². The van der Waals surface area contributed by atoms with Gasteiger partial charge in [-0.3, -0.25) is 14.9 Å². The maximum atomic E-state index is 12.8. The van der Waals surface area contributed by atoms with Gasteiger partial charge in [0.05, 0.1) is 21.7 Å². The lowest BCUT2D eigenvalue weighted by atomic mass is 10.1. The van der Waals surface area contributed by atoms with Crippen molar-refractivity contribution in [1.82, 2.24) is 10.3 Å². The lowest BCUT2D eigenvalue weighted by Gasteiger charge is -2.11. The number of amides is 1. The molecule has 8 nitrogen and oxygen atoms in total. The van der Waals surface area contributed by atoms with Crippen LogP contribution >= 0.6 is 11.6 Å². The molecule has 0 fully saturated rings. The average Bonchev–Trinajstić information content (AvgIpc) is 3.23. The zero-order valence-electron chi connectivity index (χ0n) is 17.0. The summed E-state index contributed by atoms with van der Waals surface area (Å²) in [5.41, 5.74) is -1.20. The van der Waals surface area contributed by atoms with Gasteiger partial charge in [-0.25, -0.2) is 4.98 Å². The van der Waals surface area contributed by atoms with Crippen LogP contribution in [0.5, 0.6) is 0 Å². The average molecular weight is 483 g/mol. The van der Waals surface area contributed by atoms with Gasteiger partial charge in [-0.2, -0.15) is 13.2 Å². The molecule has 0 aliphatic rings. The molecule has 0 saturated carbocycles. The normalized spacial score (nSPS) is 11.3. The number of nitro groups is 1. The van der Waals surface area contributed by atoms with E-state index < -0.39 is 22.4 Å². The molecule has 0 saturated heterocycles. The molecule has 0 radical (unpaired) electrons. The predicted molar refractivity (Wildman–Crippen MR) is 115 cm³/mol. The molecule has 0 unspecified atom stereocenters. The first-order valence-corrected chi connectivity index (χ1v) is 10.1. The van der Waals surface area contributed by atoms with E-state index in [1.165, 1.54) is 6.20 Å². The van der Waals surface area contributed by atoms with Crippen LogP contribution in [0.3, 0.4) is 0 Å². The third kappa shape index (κ3) is 6.45. The number of rotatable bonds is 9. The molecule has 3 rings (SSSR count). The van der Waals surface area contributed by atoms with Crippen LogP contribution in [0.2, 0.25) is 5.02 Å². The Morgan fingerprint density at radius 1 is 1.18 bits per heavy atom. The lowest BCUT2D eigenvalue weighted by molar-refractivity contribution is -0.384. The Morgan fingerprint density at radius 2 is 1.94 bits per heavy atom. The highest BCUT2D eigenvalue weighted by Gasteiger charge is 2.33. The molecule has 1 aromatic heterocycles. The van der Waals surface area contributed by atoms with Gasteiger partial charge in [-0.1, -0.05) is 23.7 Å². The summed E-state index contributed by atoms with van der Waals surface area (Å²) in [6.07, 6.45) is -2.83. The van der Waals surface area contributed by atoms with E-state index in [0.29, 0.717) is 28.3 Å². The number of hydrogen-bond donors (Lipinski definition) is 2. The van der Waals surface area contributed by atoms with Crippen molar-refractivity contribution in [3.63, 3.8) is 0 Å². The van der Waals surface area contributed by atoms with Crippen LogP contribution in [0.25, 0.3) is 11.3 Å². The van der Waals surface area contributed by atoms with Gasteiger partial charge in [0, 0.05) is 37.6 Å². The van der Waals surface area contributed by atoms with Gasteiger partial charge in [-0.05, 0) is 24.3 Å². The molecular weight excluding hydrogens is 465 g/mol. The molecule has 12 heteroatoms. The largest absolute Gasteiger partial charge is 0.441 e. The number of carbonyl (C=O) groups excluding carboxylic acids is 1. The Hall–Kier alpha value is -3.60. The minimum Gasteiger partial charge on any atom is -0.441 e. The third-order valence-corrected chi connectivity index (χ3v) is 4.87. The molecule has 174 valence electrons. The number of nitrogens with one attached hydrogen (secondary N) is 2. The Labute approximate surface area is 190 Å². The fourth-order valence-electron chi connectivity index (χ4n) is 2.93. The molecule has 0 spiro atoms. The van der Waals surface area contributed by atoms with Crippen LogP contribution in [-0.2, 0) is 17.4 Å². The molecule has 0 aliphatic heterocycles. The summed E-state index contributed by atoms with van der Waals surface area (Å²) in [4.78, 5) is 26.3. The van der Waals surface area contributed by atoms with E-state index in [9.17, 15) is 28.1 Å². The van der Waals surface area contributed by atoms with Crippen molar-refractivity contribution in [3.8, 4) is 11.3 Å². The summed E-state index contributed by atoms with van der Waals surface area (Å²) in [7, 11) is 0. The number of alkyl halides is 3. The minimum absolute atomic E-state index is 0.0749. The number of benzene rings is 2. The van der Waals surface area contributed by atoms with Crippen LogP contribution in [0.15, 0.2) is 53.1 Å². The summed E-state index contributed by atoms with van der Waals surface area (Å²) in [6.45, 7) is 0.182. The molecule has 0 aliphatic carbocycles. The zero-order valence-corrected chi connectivity index (χ0v) is 17.7. The quantitative estimate of drug-likeness (QED) is 0.250. The van der Waals surface area contributed by atoms with Crippen molar-refractivity contribution < 1.29 is 27.3 Å². The van der Waals surface area contributed by atoms with E-state index in [2.05, 4.69) is 15.6 Å². The number of oxazole rings is 1. The second-order valence-corrected chi connectivity index (χ2v) is 7.27. The summed E-state index contributed by atoms with van der Waals surface area (Å²) < 4.78 is 43.9. The second-order valence-electron chi connectivity index (χ2n) is 6.86. The first kappa shape index (κ1) is 24.1. The maximum absolute atomic E-state index is 12.8. The van der Waals surface area contributed by atoms with Gasteiger partial charge in [0.1, 0.15) is 5.69 Å². The van der Waals surface area contributed by atoms with Crippen molar-refractivity contribution >= 4 is 28.9 Å². The van der Waals surface area contributed by atoms with Gasteiger partial charge in [-0.15, -0.1) is 0 Å². The maximum Gasteiger partial charge on any atom is 0.416 e. The standard InChI is InChI=1S/C21H18ClF3N4O4/c22-15-4-2-1-3-14(15)18-12-28-20(33-18)8-7-19(30)27-10-9-26-16-6-5-13(21(23,24)25)11-17(16)29(31)32/h1-6,11-12,26H,7-10H2,(H,27,30). The fraction of sp³-hybridized carbons (Fsp3) is 0.238. The highest BCUT2D eigenvalue weighted by molar-refractivity contribution is 6.33. The molecule has 1 amide bonds. The van der Waals surface area contributed by atoms with Gasteiger partial charge < -0.3 is 15.1 Å². The van der Waals surface area contributed by atoms with Gasteiger partial charge in [0.15, 0.2) is 11.7 Å². The van der Waals surface area contributed by atoms with Gasteiger partial charge in [0.25, 0.3) is 5.69 Å². The molecule has 1 heterocycles. The van der Waals surface area contributed by atoms with Crippen molar-refractivity contribution in [3.05, 3.63) is 75.3 Å². The predicted octanol–water partition coefficient (Wildman–Crippen LogP) is 5.08. The molecule has 33 heavy (non-hydrogen) atoms. The Balaban J connectivity index is 1.46. The Kier molecular flexibility index (Phi) is 7.54. The van der Waals surface area contributed by atoms with Gasteiger partial charge >= 0.3 is 6.18 Å². The molecule has 0 bridgehead atoms. The Bertz CT molecular complexity index is 1150. The van der Waals surface area contributed by atoms with Crippen LogP contribution in [-0.4, -0.2) is 28.9 Å². The highest BCUT2D eigenvalue weighted by Crippen LogP contribution is 2.34. The van der Waals surface area contributed by atoms with Crippen LogP contribution in [0.4, 0.5) is 24.5 Å². The number of nitro benzene ring substituents is 1. The number of anilines is 1. The number of nitrogens with zero attached hydrogens (tertiary/aromatic N) is 2. The first-order chi connectivity index (χ1) is 15.6. The zero-order chi connectivity index (χ0) is 24.0. The van der Waals surface area contributed by atoms with E-state index in [1.54, 1.807) is 18.2 Å². The molecule has 3 aromatic rings. The van der Waals surface area contributed by atoms with Crippen LogP contribution < -0.4 is 10.6 Å². The summed E-state index contributed by atoms with van der Waals surface area (Å²) in [5.74, 6) is 0.535. The molecule has 0 atom stereocenters. The summed E-state index contributed by atoms with van der Waals surface area (Å²) in [6, 6.07) is 9.31. The number of aromatic nitrogens is 1. The van der Waals surface area contributed by atoms with Crippen molar-refractivity contribution in [1.29, 1.82) is 0 Å². The van der Waals surface area contributed by atoms with E-state index in [4.69, 9.17) is 16.0 Å². The summed E-state index contributed by atoms with van der Waals surface area (Å²) in [5, 5.41) is 16.9.